The molecule has 0 radical (unpaired) electrons. The highest BCUT2D eigenvalue weighted by atomic mass is 16.2. The van der Waals surface area contributed by atoms with Gasteiger partial charge in [-0.15, -0.1) is 0 Å². The Hall–Kier alpha value is -2.60. The van der Waals surface area contributed by atoms with Gasteiger partial charge in [0.15, 0.2) is 0 Å². The second kappa shape index (κ2) is 9.49. The Morgan fingerprint density at radius 1 is 1.06 bits per heavy atom. The number of hydrogen-bond donors (Lipinski definition) is 0. The van der Waals surface area contributed by atoms with Gasteiger partial charge in [0.1, 0.15) is 11.6 Å². The van der Waals surface area contributed by atoms with Crippen LogP contribution in [0.2, 0.25) is 0 Å². The average molecular weight is 432 g/mol. The number of aromatic nitrogens is 3. The van der Waals surface area contributed by atoms with E-state index >= 15 is 0 Å². The minimum Gasteiger partial charge on any atom is -0.303 e. The number of allylic oxidation sites excluding steroid dienone is 2. The molecule has 2 aromatic heterocycles. The average Bonchev–Trinajstić information content (AvgIpc) is 2.83. The number of fused-ring (bicyclic) bond motifs is 1. The number of amides is 1. The lowest BCUT2D eigenvalue weighted by molar-refractivity contribution is -0.119. The van der Waals surface area contributed by atoms with Crippen LogP contribution in [0.4, 0.5) is 5.82 Å². The van der Waals surface area contributed by atoms with Crippen LogP contribution in [-0.2, 0) is 17.8 Å². The predicted octanol–water partition coefficient (Wildman–Crippen LogP) is 4.20. The summed E-state index contributed by atoms with van der Waals surface area (Å²) < 4.78 is 0. The van der Waals surface area contributed by atoms with Gasteiger partial charge in [-0.3, -0.25) is 14.7 Å². The van der Waals surface area contributed by atoms with Gasteiger partial charge >= 0.3 is 0 Å². The number of carbonyl (C=O) groups excluding carboxylic acids is 1. The normalized spacial score (nSPS) is 22.2. The van der Waals surface area contributed by atoms with Crippen molar-refractivity contribution in [1.29, 1.82) is 0 Å². The summed E-state index contributed by atoms with van der Waals surface area (Å²) >= 11 is 0. The third kappa shape index (κ3) is 4.60. The van der Waals surface area contributed by atoms with Crippen molar-refractivity contribution < 1.29 is 4.79 Å². The van der Waals surface area contributed by atoms with E-state index in [0.717, 1.165) is 66.9 Å². The van der Waals surface area contributed by atoms with E-state index in [1.54, 1.807) is 6.20 Å². The van der Waals surface area contributed by atoms with Gasteiger partial charge in [-0.2, -0.15) is 0 Å². The molecule has 5 rings (SSSR count). The fourth-order valence-electron chi connectivity index (χ4n) is 5.36. The van der Waals surface area contributed by atoms with Crippen molar-refractivity contribution in [2.45, 2.75) is 64.3 Å². The van der Waals surface area contributed by atoms with Crippen molar-refractivity contribution >= 4 is 11.7 Å². The van der Waals surface area contributed by atoms with Gasteiger partial charge in [0.25, 0.3) is 0 Å². The first-order valence-electron chi connectivity index (χ1n) is 12.1. The lowest BCUT2D eigenvalue weighted by atomic mass is 9.91. The third-order valence-electron chi connectivity index (χ3n) is 7.25. The van der Waals surface area contributed by atoms with Crippen molar-refractivity contribution in [3.05, 3.63) is 59.3 Å². The van der Waals surface area contributed by atoms with Crippen molar-refractivity contribution in [3.63, 3.8) is 0 Å². The molecule has 1 aliphatic carbocycles. The zero-order valence-electron chi connectivity index (χ0n) is 19.0. The first kappa shape index (κ1) is 21.3. The minimum absolute atomic E-state index is 0.128. The molecule has 0 bridgehead atoms. The summed E-state index contributed by atoms with van der Waals surface area (Å²) in [6.45, 7) is 5.98. The molecular formula is C26H33N5O. The largest absolute Gasteiger partial charge is 0.303 e. The SMILES string of the molecule is Cc1nc(C2CCN(C[C@@H]3CC=CCC3)CC2)nc2c1CCC(=O)N2Cc1ccccn1. The molecule has 32 heavy (non-hydrogen) atoms. The maximum absolute atomic E-state index is 12.8. The first-order chi connectivity index (χ1) is 15.7. The summed E-state index contributed by atoms with van der Waals surface area (Å²) in [5.74, 6) is 3.04. The number of piperidine rings is 1. The lowest BCUT2D eigenvalue weighted by Crippen LogP contribution is -2.38. The van der Waals surface area contributed by atoms with E-state index in [1.165, 1.54) is 25.8 Å². The van der Waals surface area contributed by atoms with Crippen LogP contribution in [0.25, 0.3) is 0 Å². The quantitative estimate of drug-likeness (QED) is 0.664. The molecule has 2 aromatic rings. The van der Waals surface area contributed by atoms with Gasteiger partial charge in [-0.1, -0.05) is 18.2 Å². The third-order valence-corrected chi connectivity index (χ3v) is 7.25. The molecule has 168 valence electrons. The molecule has 3 aliphatic rings. The zero-order chi connectivity index (χ0) is 21.9. The molecule has 4 heterocycles. The Morgan fingerprint density at radius 2 is 1.94 bits per heavy atom. The molecule has 0 spiro atoms. The van der Waals surface area contributed by atoms with Crippen LogP contribution < -0.4 is 4.90 Å². The molecule has 0 N–H and O–H groups in total. The lowest BCUT2D eigenvalue weighted by Gasteiger charge is -2.35. The van der Waals surface area contributed by atoms with E-state index in [1.807, 2.05) is 23.1 Å². The Kier molecular flexibility index (Phi) is 6.30. The van der Waals surface area contributed by atoms with E-state index < -0.39 is 0 Å². The molecule has 6 nitrogen and oxygen atoms in total. The molecule has 0 aromatic carbocycles. The Balaban J connectivity index is 1.31. The van der Waals surface area contributed by atoms with Crippen molar-refractivity contribution in [2.75, 3.05) is 24.5 Å². The Labute approximate surface area is 190 Å². The smallest absolute Gasteiger partial charge is 0.228 e. The Morgan fingerprint density at radius 3 is 2.69 bits per heavy atom. The number of likely N-dealkylation sites (tertiary alicyclic amines) is 1. The van der Waals surface area contributed by atoms with E-state index in [4.69, 9.17) is 9.97 Å². The second-order valence-electron chi connectivity index (χ2n) is 9.50. The number of aryl methyl sites for hydroxylation is 1. The summed E-state index contributed by atoms with van der Waals surface area (Å²) in [5, 5.41) is 0. The van der Waals surface area contributed by atoms with Gasteiger partial charge in [-0.05, 0) is 76.6 Å². The maximum Gasteiger partial charge on any atom is 0.228 e. The Bertz CT molecular complexity index is 981. The van der Waals surface area contributed by atoms with E-state index in [-0.39, 0.29) is 5.91 Å². The van der Waals surface area contributed by atoms with Crippen LogP contribution in [0.3, 0.4) is 0 Å². The van der Waals surface area contributed by atoms with E-state index in [9.17, 15) is 4.79 Å². The highest BCUT2D eigenvalue weighted by Gasteiger charge is 2.31. The number of carbonyl (C=O) groups is 1. The van der Waals surface area contributed by atoms with Crippen LogP contribution in [0, 0.1) is 12.8 Å². The van der Waals surface area contributed by atoms with Gasteiger partial charge in [0, 0.05) is 36.3 Å². The predicted molar refractivity (Wildman–Crippen MR) is 125 cm³/mol. The molecular weight excluding hydrogens is 398 g/mol. The number of pyridine rings is 1. The van der Waals surface area contributed by atoms with Crippen molar-refractivity contribution in [1.82, 2.24) is 19.9 Å². The van der Waals surface area contributed by atoms with Gasteiger partial charge < -0.3 is 4.90 Å². The summed E-state index contributed by atoms with van der Waals surface area (Å²) in [4.78, 5) is 31.6. The van der Waals surface area contributed by atoms with Crippen LogP contribution >= 0.6 is 0 Å². The molecule has 1 amide bonds. The number of hydrogen-bond acceptors (Lipinski definition) is 5. The van der Waals surface area contributed by atoms with Crippen molar-refractivity contribution in [3.8, 4) is 0 Å². The van der Waals surface area contributed by atoms with Crippen LogP contribution in [0.5, 0.6) is 0 Å². The second-order valence-corrected chi connectivity index (χ2v) is 9.50. The van der Waals surface area contributed by atoms with Gasteiger partial charge in [0.2, 0.25) is 5.91 Å². The maximum atomic E-state index is 12.8. The van der Waals surface area contributed by atoms with Crippen molar-refractivity contribution in [2.24, 2.45) is 5.92 Å². The monoisotopic (exact) mass is 431 g/mol. The summed E-state index contributed by atoms with van der Waals surface area (Å²) in [6.07, 6.45) is 13.7. The summed E-state index contributed by atoms with van der Waals surface area (Å²) in [5.41, 5.74) is 3.03. The molecule has 6 heteroatoms. The first-order valence-corrected chi connectivity index (χ1v) is 12.1. The molecule has 1 atom stereocenters. The number of rotatable bonds is 5. The fourth-order valence-corrected chi connectivity index (χ4v) is 5.36. The number of nitrogens with zero attached hydrogens (tertiary/aromatic N) is 5. The fraction of sp³-hybridized carbons (Fsp3) is 0.538. The standard InChI is InChI=1S/C26H33N5O/c1-19-23-10-11-24(32)31(18-22-9-5-6-14-27-22)26(23)29-25(28-19)21-12-15-30(16-13-21)17-20-7-3-2-4-8-20/h2-3,5-6,9,14,20-21H,4,7-8,10-13,15-18H2,1H3/t20-/m1/s1. The summed E-state index contributed by atoms with van der Waals surface area (Å²) in [7, 11) is 0. The minimum atomic E-state index is 0.128. The summed E-state index contributed by atoms with van der Waals surface area (Å²) in [6, 6.07) is 5.83. The van der Waals surface area contributed by atoms with Crippen LogP contribution in [0.1, 0.15) is 67.2 Å². The van der Waals surface area contributed by atoms with Crippen LogP contribution in [0.15, 0.2) is 36.5 Å². The van der Waals surface area contributed by atoms with Gasteiger partial charge in [0.05, 0.1) is 12.2 Å². The van der Waals surface area contributed by atoms with Crippen LogP contribution in [-0.4, -0.2) is 45.4 Å². The number of anilines is 1. The van der Waals surface area contributed by atoms with E-state index in [0.29, 0.717) is 18.9 Å². The molecule has 1 fully saturated rings. The molecule has 2 aliphatic heterocycles. The topological polar surface area (TPSA) is 62.2 Å². The van der Waals surface area contributed by atoms with E-state index in [2.05, 4.69) is 29.0 Å². The highest BCUT2D eigenvalue weighted by Crippen LogP contribution is 2.33. The zero-order valence-corrected chi connectivity index (χ0v) is 19.0. The van der Waals surface area contributed by atoms with Gasteiger partial charge in [-0.25, -0.2) is 9.97 Å². The molecule has 1 saturated heterocycles. The molecule has 0 unspecified atom stereocenters. The highest BCUT2D eigenvalue weighted by molar-refractivity contribution is 5.95. The molecule has 0 saturated carbocycles.